The number of benzene rings is 3. The molecule has 0 bridgehead atoms. The van der Waals surface area contributed by atoms with Gasteiger partial charge in [0.25, 0.3) is 0 Å². The van der Waals surface area contributed by atoms with Gasteiger partial charge in [-0.3, -0.25) is 4.79 Å². The predicted octanol–water partition coefficient (Wildman–Crippen LogP) is 4.45. The molecule has 0 amide bonds. The molecule has 0 spiro atoms. The van der Waals surface area contributed by atoms with E-state index in [2.05, 4.69) is 15.5 Å². The van der Waals surface area contributed by atoms with Crippen LogP contribution in [0.3, 0.4) is 0 Å². The molecule has 5 aromatic rings. The minimum Gasteiger partial charge on any atom is -0.618 e. The summed E-state index contributed by atoms with van der Waals surface area (Å²) >= 11 is 6.26. The van der Waals surface area contributed by atoms with Gasteiger partial charge in [-0.1, -0.05) is 54.1 Å². The van der Waals surface area contributed by atoms with Crippen molar-refractivity contribution in [2.24, 2.45) is 0 Å². The van der Waals surface area contributed by atoms with Gasteiger partial charge in [0.05, 0.1) is 11.3 Å². The molecule has 10 heteroatoms. The van der Waals surface area contributed by atoms with Crippen molar-refractivity contribution in [3.05, 3.63) is 130 Å². The maximum atomic E-state index is 13.6. The summed E-state index contributed by atoms with van der Waals surface area (Å²) in [6.07, 6.45) is 3.25. The first-order valence-corrected chi connectivity index (χ1v) is 12.4. The Labute approximate surface area is 228 Å². The number of carbonyl (C=O) groups excluding carboxylic acids is 1. The van der Waals surface area contributed by atoms with Crippen LogP contribution in [0.5, 0.6) is 0 Å². The van der Waals surface area contributed by atoms with Gasteiger partial charge < -0.3 is 10.3 Å². The lowest BCUT2D eigenvalue weighted by atomic mass is 9.88. The lowest BCUT2D eigenvalue weighted by Crippen LogP contribution is -2.36. The van der Waals surface area contributed by atoms with Crippen LogP contribution in [0.2, 0.25) is 5.02 Å². The third-order valence-corrected chi connectivity index (χ3v) is 6.65. The number of hydrogen-bond acceptors (Lipinski definition) is 6. The Morgan fingerprint density at radius 2 is 1.74 bits per heavy atom. The van der Waals surface area contributed by atoms with Gasteiger partial charge in [0.1, 0.15) is 12.2 Å². The summed E-state index contributed by atoms with van der Waals surface area (Å²) in [5.74, 6) is -1.92. The van der Waals surface area contributed by atoms with Crippen LogP contribution in [0.15, 0.2) is 97.5 Å². The zero-order valence-corrected chi connectivity index (χ0v) is 21.3. The van der Waals surface area contributed by atoms with Crippen molar-refractivity contribution in [2.45, 2.75) is 18.8 Å². The van der Waals surface area contributed by atoms with E-state index in [4.69, 9.17) is 16.7 Å². The highest BCUT2D eigenvalue weighted by Gasteiger charge is 2.28. The number of nitrogens with zero attached hydrogens (tertiary/aromatic N) is 5. The average Bonchev–Trinajstić information content (AvgIpc) is 3.48. The van der Waals surface area contributed by atoms with Crippen LogP contribution < -0.4 is 4.73 Å². The number of aromatic carboxylic acids is 1. The number of tetrazole rings is 1. The van der Waals surface area contributed by atoms with E-state index in [1.807, 2.05) is 30.3 Å². The maximum absolute atomic E-state index is 13.6. The molecular weight excluding hydrogens is 518 g/mol. The summed E-state index contributed by atoms with van der Waals surface area (Å²) in [6, 6.07) is 24.3. The quantitative estimate of drug-likeness (QED) is 0.217. The number of carboxylic acids is 1. The lowest BCUT2D eigenvalue weighted by molar-refractivity contribution is -0.614. The van der Waals surface area contributed by atoms with E-state index in [0.29, 0.717) is 39.5 Å². The molecule has 0 aliphatic rings. The van der Waals surface area contributed by atoms with E-state index in [0.717, 1.165) is 10.3 Å². The Morgan fingerprint density at radius 3 is 2.41 bits per heavy atom. The molecule has 0 saturated carbocycles. The molecule has 0 fully saturated rings. The Balaban J connectivity index is 1.50. The highest BCUT2D eigenvalue weighted by molar-refractivity contribution is 6.31. The van der Waals surface area contributed by atoms with E-state index >= 15 is 0 Å². The van der Waals surface area contributed by atoms with Crippen LogP contribution in [0.25, 0.3) is 16.8 Å². The molecule has 2 aromatic heterocycles. The molecule has 3 aromatic carbocycles. The number of halogens is 1. The van der Waals surface area contributed by atoms with Gasteiger partial charge in [0.2, 0.25) is 5.69 Å². The van der Waals surface area contributed by atoms with E-state index in [-0.39, 0.29) is 17.8 Å². The second kappa shape index (κ2) is 11.2. The summed E-state index contributed by atoms with van der Waals surface area (Å²) in [6.45, 7) is 0. The zero-order valence-electron chi connectivity index (χ0n) is 20.5. The molecule has 0 aliphatic carbocycles. The van der Waals surface area contributed by atoms with Gasteiger partial charge in [-0.2, -0.15) is 9.41 Å². The average molecular weight is 540 g/mol. The molecule has 0 radical (unpaired) electrons. The minimum absolute atomic E-state index is 0.0525. The number of carbonyl (C=O) groups is 2. The van der Waals surface area contributed by atoms with Crippen molar-refractivity contribution in [3.63, 3.8) is 0 Å². The number of aromatic nitrogens is 5. The first kappa shape index (κ1) is 25.7. The van der Waals surface area contributed by atoms with E-state index < -0.39 is 11.9 Å². The Kier molecular flexibility index (Phi) is 7.42. The van der Waals surface area contributed by atoms with Crippen LogP contribution in [-0.4, -0.2) is 37.1 Å². The van der Waals surface area contributed by atoms with E-state index in [9.17, 15) is 14.8 Å². The van der Waals surface area contributed by atoms with Crippen LogP contribution in [0, 0.1) is 5.21 Å². The maximum Gasteiger partial charge on any atom is 0.335 e. The number of carboxylic acid groups (broad SMARTS) is 1. The van der Waals surface area contributed by atoms with Gasteiger partial charge in [0.15, 0.2) is 12.0 Å². The molecule has 0 unspecified atom stereocenters. The normalized spacial score (nSPS) is 11.7. The highest BCUT2D eigenvalue weighted by Crippen LogP contribution is 2.30. The summed E-state index contributed by atoms with van der Waals surface area (Å²) in [7, 11) is 0. The van der Waals surface area contributed by atoms with E-state index in [1.54, 1.807) is 42.5 Å². The summed E-state index contributed by atoms with van der Waals surface area (Å²) in [5, 5.41) is 34.4. The second-order valence-corrected chi connectivity index (χ2v) is 9.41. The second-order valence-electron chi connectivity index (χ2n) is 8.97. The van der Waals surface area contributed by atoms with Gasteiger partial charge in [-0.25, -0.2) is 4.79 Å². The van der Waals surface area contributed by atoms with Crippen molar-refractivity contribution >= 4 is 23.4 Å². The molecule has 5 rings (SSSR count). The molecule has 39 heavy (non-hydrogen) atoms. The fourth-order valence-electron chi connectivity index (χ4n) is 4.46. The first-order valence-electron chi connectivity index (χ1n) is 12.0. The third-order valence-electron chi connectivity index (χ3n) is 6.42. The van der Waals surface area contributed by atoms with Crippen molar-refractivity contribution in [3.8, 4) is 16.8 Å². The standard InChI is InChI=1S/C29H22ClN5O4/c30-23-11-13-26(34-18-31-32-33-34)24(16-23)22-10-12-27(35(39)17-22)25(14-19-4-2-1-3-5-19)28(36)15-20-6-8-21(9-7-20)29(37)38/h1-13,16-18,25H,14-15H2,(H,37,38)/t25-/m0/s1. The smallest absolute Gasteiger partial charge is 0.335 e. The SMILES string of the molecule is O=C(O)c1ccc(CC(=O)[C@@H](Cc2ccccc2)c2ccc(-c3cc(Cl)ccc3-n3cnnn3)c[n+]2[O-])cc1. The van der Waals surface area contributed by atoms with Gasteiger partial charge in [-0.05, 0) is 64.4 Å². The summed E-state index contributed by atoms with van der Waals surface area (Å²) in [4.78, 5) is 24.8. The topological polar surface area (TPSA) is 125 Å². The van der Waals surface area contributed by atoms with Crippen LogP contribution >= 0.6 is 11.6 Å². The van der Waals surface area contributed by atoms with Crippen molar-refractivity contribution in [2.75, 3.05) is 0 Å². The number of Topliss-reactive ketones (excluding diaryl/α,β-unsaturated/α-hetero) is 1. The molecule has 9 nitrogen and oxygen atoms in total. The first-order chi connectivity index (χ1) is 18.9. The van der Waals surface area contributed by atoms with Crippen LogP contribution in [0.4, 0.5) is 0 Å². The molecule has 194 valence electrons. The van der Waals surface area contributed by atoms with Gasteiger partial charge >= 0.3 is 5.97 Å². The zero-order chi connectivity index (χ0) is 27.4. The highest BCUT2D eigenvalue weighted by atomic mass is 35.5. The largest absolute Gasteiger partial charge is 0.618 e. The predicted molar refractivity (Wildman–Crippen MR) is 144 cm³/mol. The number of ketones is 1. The fourth-order valence-corrected chi connectivity index (χ4v) is 4.63. The number of rotatable bonds is 9. The summed E-state index contributed by atoms with van der Waals surface area (Å²) < 4.78 is 2.20. The molecule has 0 aliphatic heterocycles. The van der Waals surface area contributed by atoms with Crippen LogP contribution in [-0.2, 0) is 17.6 Å². The third kappa shape index (κ3) is 5.83. The Morgan fingerprint density at radius 1 is 0.974 bits per heavy atom. The molecule has 2 heterocycles. The molecule has 1 atom stereocenters. The Bertz CT molecular complexity index is 1620. The Hall–Kier alpha value is -4.89. The number of hydrogen-bond donors (Lipinski definition) is 1. The van der Waals surface area contributed by atoms with Gasteiger partial charge in [-0.15, -0.1) is 5.10 Å². The number of pyridine rings is 1. The fraction of sp³-hybridized carbons (Fsp3) is 0.103. The van der Waals surface area contributed by atoms with Crippen molar-refractivity contribution < 1.29 is 19.4 Å². The summed E-state index contributed by atoms with van der Waals surface area (Å²) in [5.41, 5.74) is 3.90. The van der Waals surface area contributed by atoms with Crippen LogP contribution in [0.1, 0.15) is 33.1 Å². The van der Waals surface area contributed by atoms with Gasteiger partial charge in [0, 0.05) is 28.6 Å². The van der Waals surface area contributed by atoms with E-state index in [1.165, 1.54) is 29.3 Å². The van der Waals surface area contributed by atoms with Crippen molar-refractivity contribution in [1.29, 1.82) is 0 Å². The lowest BCUT2D eigenvalue weighted by Gasteiger charge is -2.17. The van der Waals surface area contributed by atoms with Crippen molar-refractivity contribution in [1.82, 2.24) is 20.2 Å². The minimum atomic E-state index is -1.04. The monoisotopic (exact) mass is 539 g/mol. The molecular formula is C29H22ClN5O4. The molecule has 0 saturated heterocycles. The molecule has 1 N–H and O–H groups in total.